The van der Waals surface area contributed by atoms with Gasteiger partial charge in [0.05, 0.1) is 0 Å². The maximum absolute atomic E-state index is 11.4. The zero-order chi connectivity index (χ0) is 15.2. The van der Waals surface area contributed by atoms with Gasteiger partial charge in [-0.15, -0.1) is 0 Å². The summed E-state index contributed by atoms with van der Waals surface area (Å²) in [5.41, 5.74) is 1.78. The molecule has 1 aromatic carbocycles. The molecular formula is C16H24N2O2. The Labute approximate surface area is 121 Å². The summed E-state index contributed by atoms with van der Waals surface area (Å²) in [6.07, 6.45) is 3.48. The zero-order valence-electron chi connectivity index (χ0n) is 12.9. The number of ether oxygens (including phenoxy) is 1. The Morgan fingerprint density at radius 1 is 1.35 bits per heavy atom. The number of hydrogen-bond acceptors (Lipinski definition) is 3. The van der Waals surface area contributed by atoms with Crippen LogP contribution in [0.1, 0.15) is 26.3 Å². The number of benzene rings is 1. The lowest BCUT2D eigenvalue weighted by Gasteiger charge is -2.19. The molecule has 4 heteroatoms. The molecule has 0 saturated carbocycles. The van der Waals surface area contributed by atoms with Crippen LogP contribution in [0.4, 0.5) is 10.5 Å². The summed E-state index contributed by atoms with van der Waals surface area (Å²) in [5, 5.41) is 2.69. The molecule has 0 spiro atoms. The van der Waals surface area contributed by atoms with Crippen LogP contribution in [0.2, 0.25) is 0 Å². The quantitative estimate of drug-likeness (QED) is 0.917. The van der Waals surface area contributed by atoms with Crippen molar-refractivity contribution in [3.63, 3.8) is 0 Å². The van der Waals surface area contributed by atoms with Crippen LogP contribution in [0, 0.1) is 0 Å². The fraction of sp³-hybridized carbons (Fsp3) is 0.438. The molecule has 1 N–H and O–H groups in total. The van der Waals surface area contributed by atoms with Gasteiger partial charge in [0.2, 0.25) is 0 Å². The third-order valence-electron chi connectivity index (χ3n) is 2.46. The van der Waals surface area contributed by atoms with E-state index in [9.17, 15) is 4.79 Å². The van der Waals surface area contributed by atoms with Crippen molar-refractivity contribution < 1.29 is 9.53 Å². The Morgan fingerprint density at radius 2 is 2.05 bits per heavy atom. The number of nitrogens with one attached hydrogen (secondary N) is 1. The van der Waals surface area contributed by atoms with Crippen LogP contribution < -0.4 is 10.2 Å². The molecule has 0 aromatic heterocycles. The second-order valence-electron chi connectivity index (χ2n) is 5.77. The largest absolute Gasteiger partial charge is 0.444 e. The smallest absolute Gasteiger partial charge is 0.407 e. The highest BCUT2D eigenvalue weighted by molar-refractivity contribution is 5.68. The Hall–Kier alpha value is -1.97. The Kier molecular flexibility index (Phi) is 5.62. The molecule has 1 rings (SSSR count). The molecule has 0 aliphatic heterocycles. The van der Waals surface area contributed by atoms with Crippen molar-refractivity contribution in [3.05, 3.63) is 35.9 Å². The van der Waals surface area contributed by atoms with Crippen molar-refractivity contribution >= 4 is 17.9 Å². The molecule has 0 unspecified atom stereocenters. The van der Waals surface area contributed by atoms with E-state index in [1.807, 2.05) is 59.2 Å². The monoisotopic (exact) mass is 276 g/mol. The normalized spacial score (nSPS) is 11.4. The molecule has 0 atom stereocenters. The minimum absolute atomic E-state index is 0.399. The first kappa shape index (κ1) is 16.1. The predicted octanol–water partition coefficient (Wildman–Crippen LogP) is 3.29. The van der Waals surface area contributed by atoms with Gasteiger partial charge in [0, 0.05) is 26.3 Å². The van der Waals surface area contributed by atoms with E-state index >= 15 is 0 Å². The van der Waals surface area contributed by atoms with E-state index in [1.165, 1.54) is 0 Å². The summed E-state index contributed by atoms with van der Waals surface area (Å²) in [7, 11) is 4.01. The van der Waals surface area contributed by atoms with Crippen molar-refractivity contribution in [2.45, 2.75) is 26.4 Å². The maximum atomic E-state index is 11.4. The molecule has 0 aliphatic carbocycles. The van der Waals surface area contributed by atoms with Crippen molar-refractivity contribution in [3.8, 4) is 0 Å². The van der Waals surface area contributed by atoms with Crippen molar-refractivity contribution in [2.24, 2.45) is 0 Å². The standard InChI is InChI=1S/C16H24N2O2/c1-16(2,3)20-15(19)17-11-7-9-13-8-6-10-14(12-13)18(4)5/h6-10,12H,11H2,1-5H3,(H,17,19). The number of carbonyl (C=O) groups excluding carboxylic acids is 1. The van der Waals surface area contributed by atoms with Gasteiger partial charge in [0.1, 0.15) is 5.60 Å². The number of carbonyl (C=O) groups is 1. The molecule has 0 saturated heterocycles. The first-order chi connectivity index (χ1) is 9.28. The summed E-state index contributed by atoms with van der Waals surface area (Å²) < 4.78 is 5.15. The van der Waals surface area contributed by atoms with Gasteiger partial charge in [0.25, 0.3) is 0 Å². The number of hydrogen-bond donors (Lipinski definition) is 1. The number of alkyl carbamates (subject to hydrolysis) is 1. The molecule has 0 fully saturated rings. The Morgan fingerprint density at radius 3 is 2.65 bits per heavy atom. The van der Waals surface area contributed by atoms with E-state index in [0.717, 1.165) is 11.3 Å². The van der Waals surface area contributed by atoms with Crippen LogP contribution >= 0.6 is 0 Å². The van der Waals surface area contributed by atoms with Crippen LogP contribution in [-0.2, 0) is 4.74 Å². The van der Waals surface area contributed by atoms with Gasteiger partial charge in [-0.2, -0.15) is 0 Å². The highest BCUT2D eigenvalue weighted by Crippen LogP contribution is 2.14. The number of amides is 1. The van der Waals surface area contributed by atoms with Crippen LogP contribution in [0.25, 0.3) is 6.08 Å². The summed E-state index contributed by atoms with van der Waals surface area (Å²) in [6.45, 7) is 5.97. The van der Waals surface area contributed by atoms with Gasteiger partial charge in [-0.05, 0) is 38.5 Å². The van der Waals surface area contributed by atoms with E-state index in [2.05, 4.69) is 22.3 Å². The zero-order valence-corrected chi connectivity index (χ0v) is 12.9. The Bertz CT molecular complexity index is 474. The van der Waals surface area contributed by atoms with Crippen molar-refractivity contribution in [2.75, 3.05) is 25.5 Å². The van der Waals surface area contributed by atoms with Gasteiger partial charge in [-0.1, -0.05) is 24.3 Å². The second-order valence-corrected chi connectivity index (χ2v) is 5.77. The lowest BCUT2D eigenvalue weighted by Crippen LogP contribution is -2.32. The lowest BCUT2D eigenvalue weighted by atomic mass is 10.2. The lowest BCUT2D eigenvalue weighted by molar-refractivity contribution is 0.0534. The molecule has 1 amide bonds. The molecule has 20 heavy (non-hydrogen) atoms. The Balaban J connectivity index is 2.45. The molecule has 110 valence electrons. The molecule has 0 bridgehead atoms. The van der Waals surface area contributed by atoms with E-state index < -0.39 is 11.7 Å². The van der Waals surface area contributed by atoms with E-state index in [-0.39, 0.29) is 0 Å². The fourth-order valence-corrected chi connectivity index (χ4v) is 1.56. The van der Waals surface area contributed by atoms with Gasteiger partial charge >= 0.3 is 6.09 Å². The maximum Gasteiger partial charge on any atom is 0.407 e. The SMILES string of the molecule is CN(C)c1cccc(C=CCNC(=O)OC(C)(C)C)c1. The minimum atomic E-state index is -0.464. The van der Waals surface area contributed by atoms with Crippen LogP contribution in [0.15, 0.2) is 30.3 Å². The second kappa shape index (κ2) is 6.98. The average molecular weight is 276 g/mol. The fourth-order valence-electron chi connectivity index (χ4n) is 1.56. The molecule has 0 radical (unpaired) electrons. The van der Waals surface area contributed by atoms with E-state index in [4.69, 9.17) is 4.74 Å². The van der Waals surface area contributed by atoms with Gasteiger partial charge in [0.15, 0.2) is 0 Å². The molecular weight excluding hydrogens is 252 g/mol. The number of rotatable bonds is 4. The predicted molar refractivity (Wildman–Crippen MR) is 84.0 cm³/mol. The summed E-state index contributed by atoms with van der Waals surface area (Å²) in [5.74, 6) is 0. The van der Waals surface area contributed by atoms with Gasteiger partial charge < -0.3 is 15.0 Å². The summed E-state index contributed by atoms with van der Waals surface area (Å²) in [6, 6.07) is 8.17. The third kappa shape index (κ3) is 6.27. The number of nitrogens with zero attached hydrogens (tertiary/aromatic N) is 1. The van der Waals surface area contributed by atoms with Crippen LogP contribution in [-0.4, -0.2) is 32.3 Å². The first-order valence-corrected chi connectivity index (χ1v) is 6.69. The van der Waals surface area contributed by atoms with Crippen molar-refractivity contribution in [1.82, 2.24) is 5.32 Å². The first-order valence-electron chi connectivity index (χ1n) is 6.69. The molecule has 0 heterocycles. The third-order valence-corrected chi connectivity index (χ3v) is 2.46. The average Bonchev–Trinajstić information content (AvgIpc) is 2.33. The van der Waals surface area contributed by atoms with Crippen molar-refractivity contribution in [1.29, 1.82) is 0 Å². The van der Waals surface area contributed by atoms with Gasteiger partial charge in [-0.3, -0.25) is 0 Å². The topological polar surface area (TPSA) is 41.6 Å². The van der Waals surface area contributed by atoms with E-state index in [0.29, 0.717) is 6.54 Å². The molecule has 4 nitrogen and oxygen atoms in total. The molecule has 1 aromatic rings. The van der Waals surface area contributed by atoms with E-state index in [1.54, 1.807) is 0 Å². The summed E-state index contributed by atoms with van der Waals surface area (Å²) in [4.78, 5) is 13.5. The van der Waals surface area contributed by atoms with Crippen LogP contribution in [0.5, 0.6) is 0 Å². The minimum Gasteiger partial charge on any atom is -0.444 e. The van der Waals surface area contributed by atoms with Gasteiger partial charge in [-0.25, -0.2) is 4.79 Å². The number of anilines is 1. The molecule has 0 aliphatic rings. The summed E-state index contributed by atoms with van der Waals surface area (Å²) >= 11 is 0. The highest BCUT2D eigenvalue weighted by Gasteiger charge is 2.14. The van der Waals surface area contributed by atoms with Crippen LogP contribution in [0.3, 0.4) is 0 Å². The highest BCUT2D eigenvalue weighted by atomic mass is 16.6.